The van der Waals surface area contributed by atoms with Crippen molar-refractivity contribution < 1.29 is 4.79 Å². The highest BCUT2D eigenvalue weighted by molar-refractivity contribution is 5.73. The van der Waals surface area contributed by atoms with Gasteiger partial charge in [-0.3, -0.25) is 9.79 Å². The molecule has 0 fully saturated rings. The first kappa shape index (κ1) is 14.9. The van der Waals surface area contributed by atoms with E-state index in [0.717, 1.165) is 19.5 Å². The van der Waals surface area contributed by atoms with Crippen LogP contribution in [0.3, 0.4) is 0 Å². The summed E-state index contributed by atoms with van der Waals surface area (Å²) < 4.78 is 0. The number of hydrogen-bond acceptors (Lipinski definition) is 3. The van der Waals surface area contributed by atoms with Crippen LogP contribution in [0.1, 0.15) is 19.8 Å². The maximum Gasteiger partial charge on any atom is 0.217 e. The van der Waals surface area contributed by atoms with E-state index in [2.05, 4.69) is 29.3 Å². The van der Waals surface area contributed by atoms with Crippen LogP contribution in [0.2, 0.25) is 0 Å². The van der Waals surface area contributed by atoms with Gasteiger partial charge in [0.1, 0.15) is 0 Å². The van der Waals surface area contributed by atoms with E-state index in [1.807, 2.05) is 6.92 Å². The average molecular weight is 228 g/mol. The summed E-state index contributed by atoms with van der Waals surface area (Å²) in [6.07, 6.45) is 3.21. The Morgan fingerprint density at radius 3 is 2.81 bits per heavy atom. The fourth-order valence-electron chi connectivity index (χ4n) is 1.27. The van der Waals surface area contributed by atoms with Gasteiger partial charge in [0, 0.05) is 19.5 Å². The first-order valence-corrected chi connectivity index (χ1v) is 5.67. The molecule has 94 valence electrons. The third-order valence-corrected chi connectivity index (χ3v) is 2.08. The Labute approximate surface area is 98.1 Å². The lowest BCUT2D eigenvalue weighted by Crippen LogP contribution is -2.21. The lowest BCUT2D eigenvalue weighted by atomic mass is 10.1. The number of nitrogens with two attached hydrogens (primary N) is 1. The van der Waals surface area contributed by atoms with Crippen LogP contribution in [0.25, 0.3) is 0 Å². The minimum atomic E-state index is -0.262. The van der Waals surface area contributed by atoms with Crippen LogP contribution in [0.4, 0.5) is 0 Å². The standard InChI is InChI=1S/C11H24N4O/c1-10(7-11(12)16)8-14-9-13-5-4-6-15(2)3/h9-10H,4-8H2,1-3H3,(H2,12,16)(H,13,14). The van der Waals surface area contributed by atoms with Crippen molar-refractivity contribution in [1.82, 2.24) is 10.2 Å². The molecule has 0 aliphatic carbocycles. The van der Waals surface area contributed by atoms with E-state index in [9.17, 15) is 4.79 Å². The Balaban J connectivity index is 3.37. The predicted molar refractivity (Wildman–Crippen MR) is 67.5 cm³/mol. The van der Waals surface area contributed by atoms with E-state index in [1.165, 1.54) is 0 Å². The number of hydrogen-bond donors (Lipinski definition) is 2. The van der Waals surface area contributed by atoms with Gasteiger partial charge in [-0.05, 0) is 33.0 Å². The van der Waals surface area contributed by atoms with Crippen molar-refractivity contribution in [2.24, 2.45) is 16.6 Å². The van der Waals surface area contributed by atoms with Crippen LogP contribution in [0.15, 0.2) is 4.99 Å². The third kappa shape index (κ3) is 11.0. The second-order valence-electron chi connectivity index (χ2n) is 4.38. The van der Waals surface area contributed by atoms with Crippen LogP contribution in [0, 0.1) is 5.92 Å². The van der Waals surface area contributed by atoms with Crippen LogP contribution >= 0.6 is 0 Å². The van der Waals surface area contributed by atoms with Gasteiger partial charge in [-0.2, -0.15) is 0 Å². The Morgan fingerprint density at radius 1 is 1.56 bits per heavy atom. The van der Waals surface area contributed by atoms with Crippen molar-refractivity contribution in [2.75, 3.05) is 33.7 Å². The van der Waals surface area contributed by atoms with E-state index < -0.39 is 0 Å². The molecular formula is C11H24N4O. The maximum atomic E-state index is 10.6. The molecule has 0 saturated carbocycles. The number of aliphatic imine (C=N–C) groups is 1. The number of nitrogens with one attached hydrogen (secondary N) is 1. The second-order valence-corrected chi connectivity index (χ2v) is 4.38. The smallest absolute Gasteiger partial charge is 0.217 e. The summed E-state index contributed by atoms with van der Waals surface area (Å²) in [5.74, 6) is -0.0426. The number of carbonyl (C=O) groups excluding carboxylic acids is 1. The van der Waals surface area contributed by atoms with Gasteiger partial charge in [0.25, 0.3) is 0 Å². The average Bonchev–Trinajstić information content (AvgIpc) is 2.14. The van der Waals surface area contributed by atoms with Crippen molar-refractivity contribution in [3.63, 3.8) is 0 Å². The lowest BCUT2D eigenvalue weighted by Gasteiger charge is -2.08. The Kier molecular flexibility index (Phi) is 8.52. The van der Waals surface area contributed by atoms with Crippen LogP contribution in [-0.2, 0) is 4.79 Å². The highest BCUT2D eigenvalue weighted by atomic mass is 16.1. The van der Waals surface area contributed by atoms with E-state index in [1.54, 1.807) is 6.34 Å². The highest BCUT2D eigenvalue weighted by Crippen LogP contribution is 1.99. The quantitative estimate of drug-likeness (QED) is 0.333. The van der Waals surface area contributed by atoms with Crippen LogP contribution in [-0.4, -0.2) is 50.9 Å². The molecule has 0 heterocycles. The molecule has 0 bridgehead atoms. The molecule has 5 nitrogen and oxygen atoms in total. The number of primary amides is 1. The summed E-state index contributed by atoms with van der Waals surface area (Å²) in [5.41, 5.74) is 5.08. The molecule has 1 unspecified atom stereocenters. The van der Waals surface area contributed by atoms with Gasteiger partial charge in [-0.25, -0.2) is 0 Å². The molecule has 0 aromatic rings. The van der Waals surface area contributed by atoms with Crippen molar-refractivity contribution >= 4 is 12.2 Å². The van der Waals surface area contributed by atoms with E-state index in [4.69, 9.17) is 5.73 Å². The van der Waals surface area contributed by atoms with Gasteiger partial charge in [-0.1, -0.05) is 6.92 Å². The van der Waals surface area contributed by atoms with Crippen molar-refractivity contribution in [3.8, 4) is 0 Å². The van der Waals surface area contributed by atoms with Gasteiger partial charge >= 0.3 is 0 Å². The summed E-state index contributed by atoms with van der Waals surface area (Å²) in [5, 5.41) is 3.11. The fourth-order valence-corrected chi connectivity index (χ4v) is 1.27. The van der Waals surface area contributed by atoms with Gasteiger partial charge in [0.2, 0.25) is 5.91 Å². The highest BCUT2D eigenvalue weighted by Gasteiger charge is 2.03. The molecule has 0 rings (SSSR count). The topological polar surface area (TPSA) is 70.7 Å². The van der Waals surface area contributed by atoms with Gasteiger partial charge in [0.05, 0.1) is 6.34 Å². The zero-order valence-electron chi connectivity index (χ0n) is 10.6. The molecule has 3 N–H and O–H groups in total. The first-order chi connectivity index (χ1) is 7.52. The third-order valence-electron chi connectivity index (χ3n) is 2.08. The summed E-state index contributed by atoms with van der Waals surface area (Å²) in [7, 11) is 4.11. The molecule has 0 saturated heterocycles. The number of carbonyl (C=O) groups is 1. The molecular weight excluding hydrogens is 204 g/mol. The van der Waals surface area contributed by atoms with Crippen molar-refractivity contribution in [3.05, 3.63) is 0 Å². The fraction of sp³-hybridized carbons (Fsp3) is 0.818. The summed E-state index contributed by atoms with van der Waals surface area (Å²) in [6.45, 7) is 4.60. The zero-order valence-corrected chi connectivity index (χ0v) is 10.6. The molecule has 0 aliphatic rings. The van der Waals surface area contributed by atoms with Crippen LogP contribution in [0.5, 0.6) is 0 Å². The SMILES string of the molecule is CC(CN=CNCCCN(C)C)CC(N)=O. The lowest BCUT2D eigenvalue weighted by molar-refractivity contribution is -0.118. The van der Waals surface area contributed by atoms with Crippen LogP contribution < -0.4 is 11.1 Å². The van der Waals surface area contributed by atoms with Crippen molar-refractivity contribution in [2.45, 2.75) is 19.8 Å². The minimum absolute atomic E-state index is 0.220. The molecule has 0 aliphatic heterocycles. The summed E-state index contributed by atoms with van der Waals surface area (Å²) in [6, 6.07) is 0. The largest absolute Gasteiger partial charge is 0.376 e. The summed E-state index contributed by atoms with van der Waals surface area (Å²) >= 11 is 0. The number of nitrogens with zero attached hydrogens (tertiary/aromatic N) is 2. The van der Waals surface area contributed by atoms with Gasteiger partial charge in [0.15, 0.2) is 0 Å². The van der Waals surface area contributed by atoms with Gasteiger partial charge < -0.3 is 16.0 Å². The zero-order chi connectivity index (χ0) is 12.4. The van der Waals surface area contributed by atoms with E-state index in [-0.39, 0.29) is 11.8 Å². The van der Waals surface area contributed by atoms with Gasteiger partial charge in [-0.15, -0.1) is 0 Å². The Bertz CT molecular complexity index is 216. The van der Waals surface area contributed by atoms with E-state index >= 15 is 0 Å². The molecule has 1 amide bonds. The monoisotopic (exact) mass is 228 g/mol. The first-order valence-electron chi connectivity index (χ1n) is 5.67. The predicted octanol–water partition coefficient (Wildman–Crippen LogP) is 0.0675. The second kappa shape index (κ2) is 9.15. The molecule has 1 atom stereocenters. The van der Waals surface area contributed by atoms with Crippen molar-refractivity contribution in [1.29, 1.82) is 0 Å². The molecule has 0 aromatic carbocycles. The molecule has 0 aromatic heterocycles. The molecule has 5 heteroatoms. The Hall–Kier alpha value is -1.10. The number of amides is 1. The normalized spacial score (nSPS) is 13.2. The summed E-state index contributed by atoms with van der Waals surface area (Å²) in [4.78, 5) is 16.9. The maximum absolute atomic E-state index is 10.6. The minimum Gasteiger partial charge on any atom is -0.376 e. The molecule has 0 spiro atoms. The molecule has 16 heavy (non-hydrogen) atoms. The van der Waals surface area contributed by atoms with E-state index in [0.29, 0.717) is 13.0 Å². The Morgan fingerprint density at radius 2 is 2.25 bits per heavy atom. The molecule has 0 radical (unpaired) electrons. The number of rotatable bonds is 9.